The van der Waals surface area contributed by atoms with Crippen LogP contribution < -0.4 is 20.5 Å². The number of nitrogens with zero attached hydrogens (tertiary/aromatic N) is 5. The molecular weight excluding hydrogens is 583 g/mol. The lowest BCUT2D eigenvalue weighted by atomic mass is 9.95. The van der Waals surface area contributed by atoms with Crippen molar-refractivity contribution < 1.29 is 14.2 Å². The number of phenols is 1. The number of benzene rings is 2. The predicted molar refractivity (Wildman–Crippen MR) is 167 cm³/mol. The summed E-state index contributed by atoms with van der Waals surface area (Å²) in [5.41, 5.74) is 0.649. The van der Waals surface area contributed by atoms with Crippen molar-refractivity contribution in [1.29, 1.82) is 5.26 Å². The molecule has 11 heteroatoms. The topological polar surface area (TPSA) is 107 Å². The van der Waals surface area contributed by atoms with Crippen molar-refractivity contribution in [2.24, 2.45) is 0 Å². The number of hydrogen-bond donors (Lipinski definition) is 2. The molecule has 2 bridgehead atoms. The molecule has 2 unspecified atom stereocenters. The van der Waals surface area contributed by atoms with Gasteiger partial charge in [-0.2, -0.15) is 5.26 Å². The van der Waals surface area contributed by atoms with Gasteiger partial charge in [-0.3, -0.25) is 14.3 Å². The van der Waals surface area contributed by atoms with Gasteiger partial charge in [-0.25, -0.2) is 9.37 Å². The lowest BCUT2D eigenvalue weighted by molar-refractivity contribution is 0.110. The Balaban J connectivity index is 1.31. The molecule has 4 aliphatic heterocycles. The Morgan fingerprint density at radius 3 is 2.82 bits per heavy atom. The molecule has 4 saturated heterocycles. The van der Waals surface area contributed by atoms with Crippen molar-refractivity contribution in [2.45, 2.75) is 55.9 Å². The van der Waals surface area contributed by atoms with Crippen molar-refractivity contribution in [3.05, 3.63) is 63.5 Å². The SMILES string of the molecule is N#Cc1c(OC[C@@]23CCCN2C[C@H](F)C3)nc2c(=O)n(-c3cc(O)cc4cccc(Cl)c34)ccc2c1N1CC2CCC(C1)N2. The van der Waals surface area contributed by atoms with E-state index in [9.17, 15) is 19.6 Å². The molecule has 4 aromatic rings. The van der Waals surface area contributed by atoms with Crippen LogP contribution in [0.3, 0.4) is 0 Å². The van der Waals surface area contributed by atoms with E-state index in [1.54, 1.807) is 24.4 Å². The van der Waals surface area contributed by atoms with Crippen molar-refractivity contribution in [3.8, 4) is 23.4 Å². The van der Waals surface area contributed by atoms with E-state index in [0.717, 1.165) is 32.2 Å². The third kappa shape index (κ3) is 4.32. The van der Waals surface area contributed by atoms with Crippen LogP contribution in [0.15, 0.2) is 47.4 Å². The number of aromatic nitrogens is 2. The summed E-state index contributed by atoms with van der Waals surface area (Å²) in [4.78, 5) is 23.4. The fourth-order valence-electron chi connectivity index (χ4n) is 8.11. The van der Waals surface area contributed by atoms with Gasteiger partial charge in [0.15, 0.2) is 0 Å². The molecule has 8 rings (SSSR count). The van der Waals surface area contributed by atoms with Crippen LogP contribution in [0.25, 0.3) is 27.4 Å². The lowest BCUT2D eigenvalue weighted by Crippen LogP contribution is -2.51. The zero-order chi connectivity index (χ0) is 30.2. The quantitative estimate of drug-likeness (QED) is 0.334. The van der Waals surface area contributed by atoms with E-state index in [-0.39, 0.29) is 29.3 Å². The molecule has 226 valence electrons. The number of rotatable bonds is 5. The molecular formula is C33H32ClFN6O3. The maximum Gasteiger partial charge on any atom is 0.281 e. The van der Waals surface area contributed by atoms with Gasteiger partial charge in [0, 0.05) is 61.2 Å². The first kappa shape index (κ1) is 27.6. The highest BCUT2D eigenvalue weighted by molar-refractivity contribution is 6.36. The molecule has 2 aromatic carbocycles. The number of nitrogens with one attached hydrogen (secondary N) is 1. The number of alkyl halides is 1. The molecule has 0 spiro atoms. The number of nitriles is 1. The molecule has 4 atom stereocenters. The van der Waals surface area contributed by atoms with Gasteiger partial charge in [0.05, 0.1) is 21.9 Å². The fourth-order valence-corrected chi connectivity index (χ4v) is 8.39. The van der Waals surface area contributed by atoms with Gasteiger partial charge in [-0.05, 0) is 55.8 Å². The monoisotopic (exact) mass is 614 g/mol. The van der Waals surface area contributed by atoms with E-state index < -0.39 is 17.3 Å². The number of hydrogen-bond acceptors (Lipinski definition) is 8. The highest BCUT2D eigenvalue weighted by Crippen LogP contribution is 2.42. The second-order valence-corrected chi connectivity index (χ2v) is 13.1. The van der Waals surface area contributed by atoms with E-state index in [1.165, 1.54) is 10.6 Å². The molecule has 6 heterocycles. The van der Waals surface area contributed by atoms with Crippen LogP contribution in [-0.2, 0) is 0 Å². The molecule has 0 amide bonds. The van der Waals surface area contributed by atoms with E-state index in [4.69, 9.17) is 21.3 Å². The van der Waals surface area contributed by atoms with Crippen LogP contribution in [-0.4, -0.2) is 76.1 Å². The molecule has 0 radical (unpaired) electrons. The van der Waals surface area contributed by atoms with Crippen LogP contribution in [0.1, 0.15) is 37.7 Å². The van der Waals surface area contributed by atoms with Gasteiger partial charge < -0.3 is 20.1 Å². The summed E-state index contributed by atoms with van der Waals surface area (Å²) in [6.45, 7) is 2.79. The normalized spacial score (nSPS) is 26.4. The van der Waals surface area contributed by atoms with Gasteiger partial charge in [0.1, 0.15) is 35.7 Å². The third-order valence-corrected chi connectivity index (χ3v) is 10.3. The van der Waals surface area contributed by atoms with Gasteiger partial charge in [-0.1, -0.05) is 23.7 Å². The fraction of sp³-hybridized carbons (Fsp3) is 0.424. The lowest BCUT2D eigenvalue weighted by Gasteiger charge is -2.36. The molecule has 4 fully saturated rings. The van der Waals surface area contributed by atoms with E-state index in [2.05, 4.69) is 21.2 Å². The van der Waals surface area contributed by atoms with Gasteiger partial charge in [-0.15, -0.1) is 0 Å². The summed E-state index contributed by atoms with van der Waals surface area (Å²) in [5.74, 6) is 0.0942. The Hall–Kier alpha value is -3.91. The number of fused-ring (bicyclic) bond motifs is 5. The third-order valence-electron chi connectivity index (χ3n) is 10.0. The second kappa shape index (κ2) is 10.3. The number of pyridine rings is 2. The summed E-state index contributed by atoms with van der Waals surface area (Å²) < 4.78 is 22.4. The second-order valence-electron chi connectivity index (χ2n) is 12.7. The number of anilines is 1. The van der Waals surface area contributed by atoms with Crippen LogP contribution in [0.4, 0.5) is 10.1 Å². The molecule has 2 N–H and O–H groups in total. The standard InChI is InChI=1S/C33H32ClFN6O3/c34-26-4-1-3-19-11-23(42)12-27(28(19)26)41-10-7-24-29(32(41)43)38-31(44-18-33-8-2-9-40(33)15-20(35)13-33)25(14-36)30(24)39-16-21-5-6-22(17-39)37-21/h1,3-4,7,10-12,20-22,37,42H,2,5-6,8-9,13,15-18H2/t20-,21?,22?,33+/m1/s1. The predicted octanol–water partition coefficient (Wildman–Crippen LogP) is 4.67. The van der Waals surface area contributed by atoms with E-state index >= 15 is 0 Å². The van der Waals surface area contributed by atoms with E-state index in [0.29, 0.717) is 70.7 Å². The molecule has 44 heavy (non-hydrogen) atoms. The summed E-state index contributed by atoms with van der Waals surface area (Å²) in [5, 5.41) is 27.0. The number of aromatic hydroxyl groups is 1. The number of halogens is 2. The van der Waals surface area contributed by atoms with Crippen LogP contribution in [0.5, 0.6) is 11.6 Å². The number of phenolic OH excluding ortho intramolecular Hbond substituents is 1. The zero-order valence-electron chi connectivity index (χ0n) is 24.1. The van der Waals surface area contributed by atoms with Crippen molar-refractivity contribution in [3.63, 3.8) is 0 Å². The first-order valence-corrected chi connectivity index (χ1v) is 15.7. The number of ether oxygens (including phenoxy) is 1. The highest BCUT2D eigenvalue weighted by Gasteiger charge is 2.49. The van der Waals surface area contributed by atoms with Gasteiger partial charge in [0.2, 0.25) is 5.88 Å². The van der Waals surface area contributed by atoms with Crippen molar-refractivity contribution in [1.82, 2.24) is 19.8 Å². The van der Waals surface area contributed by atoms with Gasteiger partial charge >= 0.3 is 0 Å². The Labute approximate surface area is 258 Å². The van der Waals surface area contributed by atoms with Crippen LogP contribution >= 0.6 is 11.6 Å². The van der Waals surface area contributed by atoms with Crippen LogP contribution in [0.2, 0.25) is 5.02 Å². The zero-order valence-corrected chi connectivity index (χ0v) is 24.9. The largest absolute Gasteiger partial charge is 0.508 e. The molecule has 4 aliphatic rings. The summed E-state index contributed by atoms with van der Waals surface area (Å²) in [7, 11) is 0. The minimum absolute atomic E-state index is 0.00124. The average Bonchev–Trinajstić information content (AvgIpc) is 3.65. The van der Waals surface area contributed by atoms with Gasteiger partial charge in [0.25, 0.3) is 5.56 Å². The Morgan fingerprint density at radius 2 is 2.02 bits per heavy atom. The molecule has 0 aliphatic carbocycles. The first-order chi connectivity index (χ1) is 21.3. The molecule has 0 saturated carbocycles. The van der Waals surface area contributed by atoms with Crippen molar-refractivity contribution >= 4 is 39.0 Å². The molecule has 2 aromatic heterocycles. The Morgan fingerprint density at radius 1 is 1.20 bits per heavy atom. The maximum atomic E-state index is 14.5. The highest BCUT2D eigenvalue weighted by atomic mass is 35.5. The first-order valence-electron chi connectivity index (χ1n) is 15.3. The van der Waals surface area contributed by atoms with E-state index in [1.807, 2.05) is 12.1 Å². The minimum Gasteiger partial charge on any atom is -0.508 e. The minimum atomic E-state index is -0.915. The number of piperazine rings is 1. The van der Waals surface area contributed by atoms with Crippen LogP contribution in [0, 0.1) is 11.3 Å². The Kier molecular flexibility index (Phi) is 6.49. The average molecular weight is 615 g/mol. The van der Waals surface area contributed by atoms with Crippen molar-refractivity contribution in [2.75, 3.05) is 37.7 Å². The smallest absolute Gasteiger partial charge is 0.281 e. The summed E-state index contributed by atoms with van der Waals surface area (Å²) >= 11 is 6.61. The summed E-state index contributed by atoms with van der Waals surface area (Å²) in [6, 6.07) is 13.2. The summed E-state index contributed by atoms with van der Waals surface area (Å²) in [6.07, 6.45) is 5.01. The molecule has 9 nitrogen and oxygen atoms in total. The maximum absolute atomic E-state index is 14.5. The Bertz CT molecular complexity index is 1910.